The molecule has 0 aliphatic carbocycles. The van der Waals surface area contributed by atoms with E-state index in [1.165, 1.54) is 0 Å². The van der Waals surface area contributed by atoms with Crippen molar-refractivity contribution in [3.05, 3.63) is 42.2 Å². The summed E-state index contributed by atoms with van der Waals surface area (Å²) in [4.78, 5) is 16.3. The van der Waals surface area contributed by atoms with E-state index >= 15 is 0 Å². The van der Waals surface area contributed by atoms with Crippen molar-refractivity contribution in [3.63, 3.8) is 0 Å². The number of nitrogens with zero attached hydrogens (tertiary/aromatic N) is 5. The predicted octanol–water partition coefficient (Wildman–Crippen LogP) is 2.39. The average molecular weight is 446 g/mol. The maximum Gasteiger partial charge on any atom is 0.177 e. The second kappa shape index (κ2) is 7.72. The number of pyridine rings is 1. The number of benzene rings is 1. The van der Waals surface area contributed by atoms with Crippen LogP contribution in [0.1, 0.15) is 25.5 Å². The largest absolute Gasteiger partial charge is 0.390 e. The first-order valence-electron chi connectivity index (χ1n) is 11.4. The summed E-state index contributed by atoms with van der Waals surface area (Å²) < 4.78 is 5.85. The van der Waals surface area contributed by atoms with E-state index in [9.17, 15) is 5.11 Å². The Morgan fingerprint density at radius 2 is 2.06 bits per heavy atom. The quantitative estimate of drug-likeness (QED) is 0.439. The van der Waals surface area contributed by atoms with Crippen LogP contribution in [0.3, 0.4) is 0 Å². The number of aromatic nitrogens is 5. The Labute approximate surface area is 191 Å². The Balaban J connectivity index is 1.36. The molecule has 2 fully saturated rings. The average Bonchev–Trinajstić information content (AvgIpc) is 3.39. The van der Waals surface area contributed by atoms with E-state index in [-0.39, 0.29) is 24.2 Å². The van der Waals surface area contributed by atoms with Crippen LogP contribution in [0.5, 0.6) is 0 Å². The van der Waals surface area contributed by atoms with Gasteiger partial charge in [-0.25, -0.2) is 9.97 Å². The zero-order valence-electron chi connectivity index (χ0n) is 18.5. The first-order chi connectivity index (χ1) is 16.1. The van der Waals surface area contributed by atoms with E-state index < -0.39 is 0 Å². The number of piperidine rings is 1. The van der Waals surface area contributed by atoms with Crippen LogP contribution in [0.2, 0.25) is 0 Å². The van der Waals surface area contributed by atoms with Gasteiger partial charge in [0, 0.05) is 41.7 Å². The number of nitrogens with one attached hydrogen (secondary N) is 1. The highest BCUT2D eigenvalue weighted by molar-refractivity contribution is 6.00. The minimum atomic E-state index is -0.193. The molecule has 170 valence electrons. The van der Waals surface area contributed by atoms with Crippen LogP contribution >= 0.6 is 0 Å². The van der Waals surface area contributed by atoms with Crippen LogP contribution in [0.25, 0.3) is 33.3 Å². The molecule has 2 saturated heterocycles. The van der Waals surface area contributed by atoms with Crippen molar-refractivity contribution >= 4 is 27.9 Å². The molecule has 2 aliphatic rings. The van der Waals surface area contributed by atoms with Crippen molar-refractivity contribution in [1.82, 2.24) is 25.1 Å². The zero-order valence-corrected chi connectivity index (χ0v) is 18.5. The first kappa shape index (κ1) is 20.5. The number of ether oxygens (including phenoxy) is 1. The summed E-state index contributed by atoms with van der Waals surface area (Å²) in [5.41, 5.74) is 10.8. The number of anilines is 1. The third-order valence-corrected chi connectivity index (χ3v) is 7.40. The van der Waals surface area contributed by atoms with Gasteiger partial charge in [-0.05, 0) is 31.9 Å². The van der Waals surface area contributed by atoms with Gasteiger partial charge in [-0.15, -0.1) is 0 Å². The van der Waals surface area contributed by atoms with Crippen molar-refractivity contribution < 1.29 is 9.84 Å². The number of nitrogens with two attached hydrogens (primary N) is 1. The smallest absolute Gasteiger partial charge is 0.177 e. The van der Waals surface area contributed by atoms with E-state index in [1.807, 2.05) is 30.3 Å². The topological polar surface area (TPSA) is 126 Å². The summed E-state index contributed by atoms with van der Waals surface area (Å²) >= 11 is 0. The Morgan fingerprint density at radius 1 is 1.21 bits per heavy atom. The number of fused-ring (bicyclic) bond motifs is 2. The molecule has 0 unspecified atom stereocenters. The number of H-pyrrole nitrogens is 1. The van der Waals surface area contributed by atoms with Gasteiger partial charge in [0.1, 0.15) is 16.9 Å². The normalized spacial score (nSPS) is 22.6. The molecular formula is C24H27N7O2. The number of aliphatic hydroxyl groups is 1. The van der Waals surface area contributed by atoms with Gasteiger partial charge in [-0.1, -0.05) is 18.2 Å². The Hall–Kier alpha value is -3.14. The van der Waals surface area contributed by atoms with Crippen LogP contribution in [0, 0.1) is 5.41 Å². The highest BCUT2D eigenvalue weighted by atomic mass is 16.5. The lowest BCUT2D eigenvalue weighted by Gasteiger charge is -2.41. The zero-order chi connectivity index (χ0) is 22.6. The highest BCUT2D eigenvalue weighted by Gasteiger charge is 2.47. The molecule has 2 aliphatic heterocycles. The van der Waals surface area contributed by atoms with E-state index in [2.05, 4.69) is 27.0 Å². The lowest BCUT2D eigenvalue weighted by Crippen LogP contribution is -2.51. The predicted molar refractivity (Wildman–Crippen MR) is 126 cm³/mol. The lowest BCUT2D eigenvalue weighted by molar-refractivity contribution is 0.0973. The minimum Gasteiger partial charge on any atom is -0.390 e. The molecule has 2 atom stereocenters. The van der Waals surface area contributed by atoms with E-state index in [1.54, 1.807) is 6.20 Å². The monoisotopic (exact) mass is 445 g/mol. The molecule has 0 amide bonds. The van der Waals surface area contributed by atoms with Gasteiger partial charge in [0.25, 0.3) is 0 Å². The molecule has 4 N–H and O–H groups in total. The van der Waals surface area contributed by atoms with E-state index in [0.717, 1.165) is 42.4 Å². The van der Waals surface area contributed by atoms with Gasteiger partial charge >= 0.3 is 0 Å². The molecule has 9 nitrogen and oxygen atoms in total. The lowest BCUT2D eigenvalue weighted by atomic mass is 9.73. The fraction of sp³-hybridized carbons (Fsp3) is 0.417. The Bertz CT molecular complexity index is 1320. The summed E-state index contributed by atoms with van der Waals surface area (Å²) in [6.45, 7) is 4.17. The molecule has 0 bridgehead atoms. The molecule has 6 rings (SSSR count). The van der Waals surface area contributed by atoms with Crippen LogP contribution in [0.4, 0.5) is 5.82 Å². The summed E-state index contributed by atoms with van der Waals surface area (Å²) in [7, 11) is 0. The van der Waals surface area contributed by atoms with Gasteiger partial charge in [-0.2, -0.15) is 5.10 Å². The third kappa shape index (κ3) is 3.18. The molecular weight excluding hydrogens is 418 g/mol. The van der Waals surface area contributed by atoms with Gasteiger partial charge in [0.15, 0.2) is 11.5 Å². The molecule has 33 heavy (non-hydrogen) atoms. The number of aliphatic hydroxyl groups excluding tert-OH is 1. The fourth-order valence-electron chi connectivity index (χ4n) is 5.36. The SMILES string of the molecule is C[C@@H]1OCC2(CCN(c3nc4[nH]nc(-c5cccc6ncccc56)c4nc3CO)CC2)[C@@H]1N. The number of hydrogen-bond acceptors (Lipinski definition) is 8. The Kier molecular flexibility index (Phi) is 4.79. The number of rotatable bonds is 3. The maximum atomic E-state index is 10.2. The van der Waals surface area contributed by atoms with Crippen molar-refractivity contribution in [2.24, 2.45) is 11.1 Å². The molecule has 0 radical (unpaired) electrons. The molecule has 0 saturated carbocycles. The van der Waals surface area contributed by atoms with Crippen molar-refractivity contribution in [2.75, 3.05) is 24.6 Å². The minimum absolute atomic E-state index is 0.0242. The highest BCUT2D eigenvalue weighted by Crippen LogP contribution is 2.42. The van der Waals surface area contributed by atoms with Crippen LogP contribution in [-0.4, -0.2) is 62.1 Å². The summed E-state index contributed by atoms with van der Waals surface area (Å²) in [5, 5.41) is 18.7. The molecule has 1 aromatic carbocycles. The molecule has 4 aromatic rings. The van der Waals surface area contributed by atoms with E-state index in [4.69, 9.17) is 20.4 Å². The van der Waals surface area contributed by atoms with Crippen LogP contribution < -0.4 is 10.6 Å². The van der Waals surface area contributed by atoms with Crippen molar-refractivity contribution in [2.45, 2.75) is 38.5 Å². The first-order valence-corrected chi connectivity index (χ1v) is 11.4. The fourth-order valence-corrected chi connectivity index (χ4v) is 5.36. The second-order valence-electron chi connectivity index (χ2n) is 9.19. The van der Waals surface area contributed by atoms with Crippen molar-refractivity contribution in [3.8, 4) is 11.3 Å². The van der Waals surface area contributed by atoms with Gasteiger partial charge in [0.05, 0.1) is 24.8 Å². The maximum absolute atomic E-state index is 10.2. The molecule has 5 heterocycles. The summed E-state index contributed by atoms with van der Waals surface area (Å²) in [6.07, 6.45) is 3.73. The second-order valence-corrected chi connectivity index (χ2v) is 9.19. The van der Waals surface area contributed by atoms with Gasteiger partial charge in [0.2, 0.25) is 0 Å². The van der Waals surface area contributed by atoms with Crippen LogP contribution in [0.15, 0.2) is 36.5 Å². The Morgan fingerprint density at radius 3 is 2.82 bits per heavy atom. The van der Waals surface area contributed by atoms with Crippen LogP contribution in [-0.2, 0) is 11.3 Å². The van der Waals surface area contributed by atoms with Gasteiger partial charge < -0.3 is 20.5 Å². The number of aromatic amines is 1. The molecule has 9 heteroatoms. The third-order valence-electron chi connectivity index (χ3n) is 7.40. The van der Waals surface area contributed by atoms with Crippen molar-refractivity contribution in [1.29, 1.82) is 0 Å². The standard InChI is InChI=1S/C24H27N7O2/c1-14-21(25)24(13-33-14)7-10-31(11-8-24)23-18(12-32)27-20-19(29-30-22(20)28-23)16-4-2-6-17-15(16)5-3-9-26-17/h2-6,9,14,21,32H,7-8,10-13,25H2,1H3,(H,28,29,30)/t14-,21+/m0/s1. The molecule has 1 spiro atoms. The summed E-state index contributed by atoms with van der Waals surface area (Å²) in [5.74, 6) is 0.704. The number of hydrogen-bond donors (Lipinski definition) is 3. The van der Waals surface area contributed by atoms with Gasteiger partial charge in [-0.3, -0.25) is 10.1 Å². The molecule has 3 aromatic heterocycles. The summed E-state index contributed by atoms with van der Waals surface area (Å²) in [6, 6.07) is 9.93. The van der Waals surface area contributed by atoms with E-state index in [0.29, 0.717) is 35.0 Å².